The van der Waals surface area contributed by atoms with Crippen LogP contribution in [0, 0.1) is 17.3 Å². The number of hydrogen-bond donors (Lipinski definition) is 1. The van der Waals surface area contributed by atoms with Crippen molar-refractivity contribution in [2.24, 2.45) is 17.3 Å². The summed E-state index contributed by atoms with van der Waals surface area (Å²) < 4.78 is 0. The number of carboxylic acid groups (broad SMARTS) is 1. The number of piperidine rings is 1. The Morgan fingerprint density at radius 3 is 2.28 bits per heavy atom. The van der Waals surface area contributed by atoms with E-state index >= 15 is 0 Å². The first-order valence-electron chi connectivity index (χ1n) is 6.96. The molecule has 1 saturated heterocycles. The van der Waals surface area contributed by atoms with Crippen LogP contribution in [0.1, 0.15) is 46.0 Å². The van der Waals surface area contributed by atoms with E-state index < -0.39 is 11.4 Å². The molecule has 0 aromatic carbocycles. The second-order valence-electron chi connectivity index (χ2n) is 6.21. The van der Waals surface area contributed by atoms with Gasteiger partial charge in [-0.15, -0.1) is 0 Å². The molecule has 2 fully saturated rings. The third-order valence-electron chi connectivity index (χ3n) is 4.87. The minimum Gasteiger partial charge on any atom is -0.481 e. The van der Waals surface area contributed by atoms with E-state index in [1.165, 1.54) is 0 Å². The highest BCUT2D eigenvalue weighted by Gasteiger charge is 2.40. The van der Waals surface area contributed by atoms with Gasteiger partial charge in [0.1, 0.15) is 0 Å². The van der Waals surface area contributed by atoms with Gasteiger partial charge in [0.05, 0.1) is 5.41 Å². The van der Waals surface area contributed by atoms with Crippen molar-refractivity contribution in [3.63, 3.8) is 0 Å². The van der Waals surface area contributed by atoms with Gasteiger partial charge in [-0.2, -0.15) is 0 Å². The first-order valence-corrected chi connectivity index (χ1v) is 6.96. The zero-order valence-corrected chi connectivity index (χ0v) is 11.3. The van der Waals surface area contributed by atoms with Gasteiger partial charge in [0.2, 0.25) is 5.91 Å². The molecule has 1 amide bonds. The molecule has 1 aliphatic heterocycles. The quantitative estimate of drug-likeness (QED) is 0.820. The fourth-order valence-corrected chi connectivity index (χ4v) is 3.18. The Labute approximate surface area is 108 Å². The molecule has 0 radical (unpaired) electrons. The predicted octanol–water partition coefficient (Wildman–Crippen LogP) is 2.14. The molecular formula is C14H23NO3. The second kappa shape index (κ2) is 4.90. The van der Waals surface area contributed by atoms with Crippen LogP contribution in [0.4, 0.5) is 0 Å². The lowest BCUT2D eigenvalue weighted by Crippen LogP contribution is -2.47. The smallest absolute Gasteiger partial charge is 0.309 e. The molecule has 2 unspecified atom stereocenters. The van der Waals surface area contributed by atoms with Crippen LogP contribution < -0.4 is 0 Å². The summed E-state index contributed by atoms with van der Waals surface area (Å²) in [6.45, 7) is 5.14. The Balaban J connectivity index is 1.93. The Morgan fingerprint density at radius 2 is 1.83 bits per heavy atom. The third-order valence-corrected chi connectivity index (χ3v) is 4.87. The van der Waals surface area contributed by atoms with E-state index in [0.717, 1.165) is 19.3 Å². The molecule has 0 aromatic heterocycles. The molecule has 1 N–H and O–H groups in total. The molecule has 1 heterocycles. The number of amides is 1. The normalized spacial score (nSPS) is 31.3. The molecule has 2 aliphatic rings. The van der Waals surface area contributed by atoms with Crippen LogP contribution in [0.25, 0.3) is 0 Å². The number of carbonyl (C=O) groups excluding carboxylic acids is 1. The van der Waals surface area contributed by atoms with E-state index in [9.17, 15) is 14.7 Å². The summed E-state index contributed by atoms with van der Waals surface area (Å²) in [4.78, 5) is 25.4. The van der Waals surface area contributed by atoms with Gasteiger partial charge in [-0.3, -0.25) is 9.59 Å². The van der Waals surface area contributed by atoms with E-state index in [1.54, 1.807) is 6.92 Å². The van der Waals surface area contributed by atoms with Crippen molar-refractivity contribution in [1.29, 1.82) is 0 Å². The first kappa shape index (κ1) is 13.4. The molecular weight excluding hydrogens is 230 g/mol. The number of aliphatic carboxylic acids is 1. The van der Waals surface area contributed by atoms with Gasteiger partial charge in [0.15, 0.2) is 0 Å². The maximum absolute atomic E-state index is 12.4. The summed E-state index contributed by atoms with van der Waals surface area (Å²) >= 11 is 0. The highest BCUT2D eigenvalue weighted by atomic mass is 16.4. The summed E-state index contributed by atoms with van der Waals surface area (Å²) in [7, 11) is 0. The molecule has 0 bridgehead atoms. The SMILES string of the molecule is CC1CCCC1C(=O)N1CCC(C)(C(=O)O)CC1. The van der Waals surface area contributed by atoms with Crippen LogP contribution >= 0.6 is 0 Å². The van der Waals surface area contributed by atoms with Gasteiger partial charge in [-0.25, -0.2) is 0 Å². The van der Waals surface area contributed by atoms with Crippen LogP contribution in [-0.2, 0) is 9.59 Å². The molecule has 2 rings (SSSR count). The van der Waals surface area contributed by atoms with Crippen molar-refractivity contribution in [2.45, 2.75) is 46.0 Å². The van der Waals surface area contributed by atoms with Crippen LogP contribution in [0.5, 0.6) is 0 Å². The molecule has 4 heteroatoms. The average molecular weight is 253 g/mol. The Bertz CT molecular complexity index is 345. The number of nitrogens with zero attached hydrogens (tertiary/aromatic N) is 1. The number of carbonyl (C=O) groups is 2. The predicted molar refractivity (Wildman–Crippen MR) is 68.1 cm³/mol. The van der Waals surface area contributed by atoms with E-state index in [4.69, 9.17) is 0 Å². The molecule has 102 valence electrons. The topological polar surface area (TPSA) is 57.6 Å². The molecule has 2 atom stereocenters. The average Bonchev–Trinajstić information content (AvgIpc) is 2.75. The maximum atomic E-state index is 12.4. The molecule has 1 aliphatic carbocycles. The minimum atomic E-state index is -0.733. The van der Waals surface area contributed by atoms with Crippen LogP contribution in [-0.4, -0.2) is 35.0 Å². The summed E-state index contributed by atoms with van der Waals surface area (Å²) in [5.74, 6) is 0.195. The van der Waals surface area contributed by atoms with Crippen molar-refractivity contribution < 1.29 is 14.7 Å². The zero-order valence-electron chi connectivity index (χ0n) is 11.3. The van der Waals surface area contributed by atoms with Crippen LogP contribution in [0.3, 0.4) is 0 Å². The van der Waals surface area contributed by atoms with Gasteiger partial charge < -0.3 is 10.0 Å². The van der Waals surface area contributed by atoms with Gasteiger partial charge in [-0.1, -0.05) is 13.3 Å². The van der Waals surface area contributed by atoms with Crippen LogP contribution in [0.15, 0.2) is 0 Å². The summed E-state index contributed by atoms with van der Waals surface area (Å²) in [5.41, 5.74) is -0.641. The van der Waals surface area contributed by atoms with Crippen molar-refractivity contribution in [3.8, 4) is 0 Å². The van der Waals surface area contributed by atoms with E-state index in [1.807, 2.05) is 4.90 Å². The number of carboxylic acids is 1. The highest BCUT2D eigenvalue weighted by molar-refractivity contribution is 5.80. The summed E-state index contributed by atoms with van der Waals surface area (Å²) in [6, 6.07) is 0. The molecule has 0 spiro atoms. The van der Waals surface area contributed by atoms with Crippen molar-refractivity contribution in [3.05, 3.63) is 0 Å². The fourth-order valence-electron chi connectivity index (χ4n) is 3.18. The van der Waals surface area contributed by atoms with E-state index in [0.29, 0.717) is 31.8 Å². The number of rotatable bonds is 2. The van der Waals surface area contributed by atoms with E-state index in [2.05, 4.69) is 6.92 Å². The first-order chi connectivity index (χ1) is 8.44. The Kier molecular flexibility index (Phi) is 3.64. The largest absolute Gasteiger partial charge is 0.481 e. The van der Waals surface area contributed by atoms with Crippen molar-refractivity contribution in [2.75, 3.05) is 13.1 Å². The Hall–Kier alpha value is -1.06. The minimum absolute atomic E-state index is 0.180. The standard InChI is InChI=1S/C14H23NO3/c1-10-4-3-5-11(10)12(16)15-8-6-14(2,7-9-15)13(17)18/h10-11H,3-9H2,1-2H3,(H,17,18). The molecule has 4 nitrogen and oxygen atoms in total. The van der Waals surface area contributed by atoms with E-state index in [-0.39, 0.29) is 11.8 Å². The summed E-state index contributed by atoms with van der Waals surface area (Å²) in [5, 5.41) is 9.17. The number of hydrogen-bond acceptors (Lipinski definition) is 2. The molecule has 18 heavy (non-hydrogen) atoms. The third kappa shape index (κ3) is 2.38. The molecule has 0 aromatic rings. The van der Waals surface area contributed by atoms with Crippen LogP contribution in [0.2, 0.25) is 0 Å². The summed E-state index contributed by atoms with van der Waals surface area (Å²) in [6.07, 6.45) is 4.46. The zero-order chi connectivity index (χ0) is 13.3. The highest BCUT2D eigenvalue weighted by Crippen LogP contribution is 2.36. The number of likely N-dealkylation sites (tertiary alicyclic amines) is 1. The Morgan fingerprint density at radius 1 is 1.22 bits per heavy atom. The fraction of sp³-hybridized carbons (Fsp3) is 0.857. The van der Waals surface area contributed by atoms with Gasteiger partial charge in [0, 0.05) is 19.0 Å². The van der Waals surface area contributed by atoms with Crippen molar-refractivity contribution in [1.82, 2.24) is 4.90 Å². The monoisotopic (exact) mass is 253 g/mol. The van der Waals surface area contributed by atoms with Crippen molar-refractivity contribution >= 4 is 11.9 Å². The maximum Gasteiger partial charge on any atom is 0.309 e. The van der Waals surface area contributed by atoms with Gasteiger partial charge >= 0.3 is 5.97 Å². The molecule has 1 saturated carbocycles. The van der Waals surface area contributed by atoms with Gasteiger partial charge in [-0.05, 0) is 38.5 Å². The lowest BCUT2D eigenvalue weighted by atomic mass is 9.80. The second-order valence-corrected chi connectivity index (χ2v) is 6.21. The lowest BCUT2D eigenvalue weighted by Gasteiger charge is -2.38. The van der Waals surface area contributed by atoms with Gasteiger partial charge in [0.25, 0.3) is 0 Å². The lowest BCUT2D eigenvalue weighted by molar-refractivity contribution is -0.154.